The van der Waals surface area contributed by atoms with E-state index in [0.29, 0.717) is 12.6 Å². The molecule has 1 aliphatic heterocycles. The first-order valence-corrected chi connectivity index (χ1v) is 10.7. The Kier molecular flexibility index (Phi) is 8.37. The molecule has 0 radical (unpaired) electrons. The van der Waals surface area contributed by atoms with Crippen molar-refractivity contribution in [2.75, 3.05) is 32.8 Å². The van der Waals surface area contributed by atoms with Gasteiger partial charge >= 0.3 is 0 Å². The molecule has 1 fully saturated rings. The van der Waals surface area contributed by atoms with Crippen molar-refractivity contribution in [1.82, 2.24) is 15.5 Å². The van der Waals surface area contributed by atoms with Gasteiger partial charge in [0, 0.05) is 37.8 Å². The third kappa shape index (κ3) is 7.04. The molecule has 8 heteroatoms. The molecule has 1 heterocycles. The van der Waals surface area contributed by atoms with Gasteiger partial charge in [-0.05, 0) is 25.0 Å². The number of non-ortho nitro benzene ring substituents is 1. The summed E-state index contributed by atoms with van der Waals surface area (Å²) in [6.45, 7) is 8.91. The van der Waals surface area contributed by atoms with E-state index in [2.05, 4.69) is 41.5 Å². The van der Waals surface area contributed by atoms with Crippen molar-refractivity contribution in [1.29, 1.82) is 0 Å². The van der Waals surface area contributed by atoms with Gasteiger partial charge in [-0.25, -0.2) is 4.99 Å². The predicted octanol–water partition coefficient (Wildman–Crippen LogP) is 3.11. The van der Waals surface area contributed by atoms with Crippen LogP contribution >= 0.6 is 0 Å². The van der Waals surface area contributed by atoms with Crippen molar-refractivity contribution >= 4 is 11.6 Å². The molecule has 0 aliphatic carbocycles. The average Bonchev–Trinajstić information content (AvgIpc) is 2.81. The Balaban J connectivity index is 1.66. The smallest absolute Gasteiger partial charge is 0.269 e. The fraction of sp³-hybridized carbons (Fsp3) is 0.435. The molecule has 0 saturated carbocycles. The number of nitro benzene ring substituents is 1. The number of ether oxygens (including phenoxy) is 1. The molecule has 2 aromatic rings. The van der Waals surface area contributed by atoms with E-state index in [4.69, 9.17) is 9.73 Å². The summed E-state index contributed by atoms with van der Waals surface area (Å²) in [6.07, 6.45) is 0. The third-order valence-corrected chi connectivity index (χ3v) is 5.45. The van der Waals surface area contributed by atoms with Crippen molar-refractivity contribution in [3.05, 3.63) is 75.8 Å². The lowest BCUT2D eigenvalue weighted by Crippen LogP contribution is -2.49. The molecule has 1 saturated heterocycles. The van der Waals surface area contributed by atoms with Gasteiger partial charge in [0.15, 0.2) is 5.96 Å². The van der Waals surface area contributed by atoms with Crippen molar-refractivity contribution in [3.8, 4) is 0 Å². The van der Waals surface area contributed by atoms with Gasteiger partial charge in [0.1, 0.15) is 0 Å². The molecule has 2 atom stereocenters. The van der Waals surface area contributed by atoms with Crippen LogP contribution in [0.3, 0.4) is 0 Å². The lowest BCUT2D eigenvalue weighted by molar-refractivity contribution is -0.384. The highest BCUT2D eigenvalue weighted by molar-refractivity contribution is 5.80. The minimum absolute atomic E-state index is 0.0845. The fourth-order valence-corrected chi connectivity index (χ4v) is 3.47. The number of nitrogens with zero attached hydrogens (tertiary/aromatic N) is 3. The maximum atomic E-state index is 10.9. The van der Waals surface area contributed by atoms with Gasteiger partial charge in [-0.2, -0.15) is 0 Å². The number of rotatable bonds is 8. The summed E-state index contributed by atoms with van der Waals surface area (Å²) in [7, 11) is 0. The summed E-state index contributed by atoms with van der Waals surface area (Å²) in [4.78, 5) is 17.6. The normalized spacial score (nSPS) is 17.0. The van der Waals surface area contributed by atoms with Gasteiger partial charge in [0.2, 0.25) is 0 Å². The second-order valence-electron chi connectivity index (χ2n) is 7.74. The van der Waals surface area contributed by atoms with E-state index in [0.717, 1.165) is 44.4 Å². The first-order valence-electron chi connectivity index (χ1n) is 10.7. The van der Waals surface area contributed by atoms with E-state index in [1.807, 2.05) is 18.2 Å². The Hall–Kier alpha value is -2.97. The third-order valence-electron chi connectivity index (χ3n) is 5.45. The second-order valence-corrected chi connectivity index (χ2v) is 7.74. The molecule has 166 valence electrons. The van der Waals surface area contributed by atoms with Crippen LogP contribution in [0.5, 0.6) is 0 Å². The largest absolute Gasteiger partial charge is 0.379 e. The number of nitrogens with one attached hydrogen (secondary N) is 2. The van der Waals surface area contributed by atoms with Crippen LogP contribution in [0, 0.1) is 10.1 Å². The van der Waals surface area contributed by atoms with Gasteiger partial charge in [0.05, 0.1) is 30.7 Å². The van der Waals surface area contributed by atoms with Gasteiger partial charge in [0.25, 0.3) is 5.69 Å². The van der Waals surface area contributed by atoms with Crippen LogP contribution < -0.4 is 10.6 Å². The van der Waals surface area contributed by atoms with E-state index >= 15 is 0 Å². The van der Waals surface area contributed by atoms with Gasteiger partial charge in [-0.15, -0.1) is 0 Å². The Morgan fingerprint density at radius 2 is 1.81 bits per heavy atom. The number of nitro groups is 1. The molecule has 0 amide bonds. The molecule has 0 spiro atoms. The maximum Gasteiger partial charge on any atom is 0.269 e. The van der Waals surface area contributed by atoms with Gasteiger partial charge in [-0.1, -0.05) is 42.5 Å². The predicted molar refractivity (Wildman–Crippen MR) is 122 cm³/mol. The van der Waals surface area contributed by atoms with Crippen LogP contribution in [0.4, 0.5) is 5.69 Å². The van der Waals surface area contributed by atoms with Crippen LogP contribution in [0.2, 0.25) is 0 Å². The molecule has 3 rings (SSSR count). The lowest BCUT2D eigenvalue weighted by atomic mass is 10.1. The van der Waals surface area contributed by atoms with Crippen molar-refractivity contribution in [2.45, 2.75) is 32.5 Å². The fourth-order valence-electron chi connectivity index (χ4n) is 3.47. The number of hydrogen-bond acceptors (Lipinski definition) is 5. The number of benzene rings is 2. The standard InChI is InChI=1S/C23H31N5O3/c1-18(27-12-14-31-15-13-27)16-24-23(26-19(2)21-6-4-3-5-7-21)25-17-20-8-10-22(11-9-20)28(29)30/h3-11,18-19H,12-17H2,1-2H3,(H2,24,25,26). The summed E-state index contributed by atoms with van der Waals surface area (Å²) >= 11 is 0. The maximum absolute atomic E-state index is 10.9. The van der Waals surface area contributed by atoms with Gasteiger partial charge in [-0.3, -0.25) is 15.0 Å². The van der Waals surface area contributed by atoms with E-state index < -0.39 is 4.92 Å². The lowest BCUT2D eigenvalue weighted by Gasteiger charge is -2.32. The number of guanidine groups is 1. The minimum Gasteiger partial charge on any atom is -0.379 e. The van der Waals surface area contributed by atoms with Crippen molar-refractivity contribution in [2.24, 2.45) is 4.99 Å². The minimum atomic E-state index is -0.393. The van der Waals surface area contributed by atoms with Crippen molar-refractivity contribution in [3.63, 3.8) is 0 Å². The van der Waals surface area contributed by atoms with Crippen LogP contribution in [-0.2, 0) is 11.3 Å². The first kappa shape index (κ1) is 22.7. The zero-order valence-corrected chi connectivity index (χ0v) is 18.2. The van der Waals surface area contributed by atoms with Crippen LogP contribution in [0.1, 0.15) is 31.0 Å². The quantitative estimate of drug-likeness (QED) is 0.292. The molecule has 2 N–H and O–H groups in total. The molecule has 0 bridgehead atoms. The molecule has 2 aromatic carbocycles. The van der Waals surface area contributed by atoms with Crippen molar-refractivity contribution < 1.29 is 9.66 Å². The van der Waals surface area contributed by atoms with Crippen LogP contribution in [0.15, 0.2) is 59.6 Å². The summed E-state index contributed by atoms with van der Waals surface area (Å²) in [6, 6.07) is 17.2. The number of aliphatic imine (C=N–C) groups is 1. The summed E-state index contributed by atoms with van der Waals surface area (Å²) in [5.74, 6) is 0.717. The summed E-state index contributed by atoms with van der Waals surface area (Å²) < 4.78 is 5.45. The first-order chi connectivity index (χ1) is 15.0. The second kappa shape index (κ2) is 11.4. The number of hydrogen-bond donors (Lipinski definition) is 2. The molecular formula is C23H31N5O3. The zero-order chi connectivity index (χ0) is 22.1. The highest BCUT2D eigenvalue weighted by Crippen LogP contribution is 2.14. The van der Waals surface area contributed by atoms with Crippen LogP contribution in [-0.4, -0.2) is 54.7 Å². The molecule has 1 aliphatic rings. The number of morpholine rings is 1. The average molecular weight is 426 g/mol. The topological polar surface area (TPSA) is 92.0 Å². The van der Waals surface area contributed by atoms with Gasteiger partial charge < -0.3 is 15.4 Å². The molecular weight excluding hydrogens is 394 g/mol. The Morgan fingerprint density at radius 3 is 2.45 bits per heavy atom. The Bertz CT molecular complexity index is 851. The molecule has 31 heavy (non-hydrogen) atoms. The molecule has 8 nitrogen and oxygen atoms in total. The van der Waals surface area contributed by atoms with E-state index in [-0.39, 0.29) is 11.7 Å². The molecule has 2 unspecified atom stereocenters. The Labute approximate surface area is 183 Å². The highest BCUT2D eigenvalue weighted by Gasteiger charge is 2.17. The monoisotopic (exact) mass is 425 g/mol. The van der Waals surface area contributed by atoms with E-state index in [1.165, 1.54) is 17.7 Å². The van der Waals surface area contributed by atoms with E-state index in [9.17, 15) is 10.1 Å². The summed E-state index contributed by atoms with van der Waals surface area (Å²) in [5, 5.41) is 17.8. The SMILES string of the molecule is CC(NC(=NCc1ccc([N+](=O)[O-])cc1)NCC(C)N1CCOCC1)c1ccccc1. The summed E-state index contributed by atoms with van der Waals surface area (Å²) in [5.41, 5.74) is 2.18. The Morgan fingerprint density at radius 1 is 1.13 bits per heavy atom. The van der Waals surface area contributed by atoms with Crippen LogP contribution in [0.25, 0.3) is 0 Å². The van der Waals surface area contributed by atoms with E-state index in [1.54, 1.807) is 12.1 Å². The zero-order valence-electron chi connectivity index (χ0n) is 18.2. The molecule has 0 aromatic heterocycles. The highest BCUT2D eigenvalue weighted by atomic mass is 16.6.